The van der Waals surface area contributed by atoms with E-state index in [4.69, 9.17) is 0 Å². The average molecular weight is 1160 g/mol. The topological polar surface area (TPSA) is 208 Å². The molecular formula is C66H82N4O10S2. The molecule has 438 valence electrons. The fraction of sp³-hybridized carbons (Fsp3) is 0.455. The van der Waals surface area contributed by atoms with Crippen molar-refractivity contribution in [1.82, 2.24) is 20.4 Å². The summed E-state index contributed by atoms with van der Waals surface area (Å²) in [6.45, 7) is 16.8. The molecule has 2 heterocycles. The number of hydrogen-bond donors (Lipinski definition) is 4. The van der Waals surface area contributed by atoms with E-state index in [0.717, 1.165) is 54.9 Å². The molecule has 14 nitrogen and oxygen atoms in total. The zero-order chi connectivity index (χ0) is 59.6. The van der Waals surface area contributed by atoms with Gasteiger partial charge in [0.05, 0.1) is 44.9 Å². The van der Waals surface area contributed by atoms with E-state index >= 15 is 9.59 Å². The Hall–Kier alpha value is -6.46. The number of hydrogen-bond acceptors (Lipinski definition) is 10. The summed E-state index contributed by atoms with van der Waals surface area (Å²) in [4.78, 5) is 63.5. The number of sulfone groups is 2. The minimum absolute atomic E-state index is 0.0167. The van der Waals surface area contributed by atoms with E-state index in [1.807, 2.05) is 133 Å². The van der Waals surface area contributed by atoms with Crippen LogP contribution in [-0.4, -0.2) is 118 Å². The molecule has 0 unspecified atom stereocenters. The fourth-order valence-corrected chi connectivity index (χ4v) is 14.1. The second-order valence-electron chi connectivity index (χ2n) is 25.3. The predicted molar refractivity (Wildman–Crippen MR) is 324 cm³/mol. The van der Waals surface area contributed by atoms with Gasteiger partial charge in [-0.3, -0.25) is 19.2 Å². The van der Waals surface area contributed by atoms with Crippen molar-refractivity contribution in [2.24, 2.45) is 23.7 Å². The van der Waals surface area contributed by atoms with Crippen molar-refractivity contribution in [2.45, 2.75) is 154 Å². The van der Waals surface area contributed by atoms with Crippen molar-refractivity contribution in [3.05, 3.63) is 167 Å². The zero-order valence-electron chi connectivity index (χ0n) is 49.0. The lowest BCUT2D eigenvalue weighted by atomic mass is 9.83. The van der Waals surface area contributed by atoms with E-state index in [1.165, 1.54) is 9.80 Å². The van der Waals surface area contributed by atoms with Gasteiger partial charge in [-0.1, -0.05) is 161 Å². The van der Waals surface area contributed by atoms with Gasteiger partial charge in [0.1, 0.15) is 24.3 Å². The highest BCUT2D eigenvalue weighted by atomic mass is 32.2. The van der Waals surface area contributed by atoms with Crippen LogP contribution in [0.5, 0.6) is 0 Å². The number of benzene rings is 6. The van der Waals surface area contributed by atoms with Crippen LogP contribution in [0, 0.1) is 23.7 Å². The predicted octanol–water partition coefficient (Wildman–Crippen LogP) is 8.35. The molecule has 6 aromatic rings. The van der Waals surface area contributed by atoms with E-state index in [0.29, 0.717) is 0 Å². The second-order valence-corrected chi connectivity index (χ2v) is 30.9. The highest BCUT2D eigenvalue weighted by Gasteiger charge is 2.47. The van der Waals surface area contributed by atoms with E-state index < -0.39 is 124 Å². The third kappa shape index (κ3) is 13.5. The van der Waals surface area contributed by atoms with E-state index in [2.05, 4.69) is 10.6 Å². The molecule has 8 rings (SSSR count). The fourth-order valence-electron chi connectivity index (χ4n) is 11.5. The third-order valence-electron chi connectivity index (χ3n) is 16.9. The van der Waals surface area contributed by atoms with Crippen molar-refractivity contribution < 1.29 is 46.2 Å². The second kappa shape index (κ2) is 24.8. The Morgan fingerprint density at radius 2 is 0.805 bits per heavy atom. The Bertz CT molecular complexity index is 3310. The quantitative estimate of drug-likeness (QED) is 0.0610. The Morgan fingerprint density at radius 3 is 1.15 bits per heavy atom. The third-order valence-corrected chi connectivity index (χ3v) is 22.3. The summed E-state index contributed by atoms with van der Waals surface area (Å²) in [7, 11) is -7.71. The number of nitrogens with zero attached hydrogens (tertiary/aromatic N) is 2. The van der Waals surface area contributed by atoms with Gasteiger partial charge in [-0.25, -0.2) is 16.8 Å². The minimum Gasteiger partial charge on any atom is -0.388 e. The van der Waals surface area contributed by atoms with Gasteiger partial charge in [-0.05, 0) is 134 Å². The molecule has 2 aliphatic rings. The van der Waals surface area contributed by atoms with Crippen molar-refractivity contribution in [1.29, 1.82) is 0 Å². The largest absolute Gasteiger partial charge is 0.388 e. The molecule has 0 saturated carbocycles. The van der Waals surface area contributed by atoms with Gasteiger partial charge < -0.3 is 30.6 Å². The maximum absolute atomic E-state index is 15.4. The van der Waals surface area contributed by atoms with E-state index in [-0.39, 0.29) is 38.8 Å². The van der Waals surface area contributed by atoms with Crippen LogP contribution in [0.25, 0.3) is 21.5 Å². The Balaban J connectivity index is 1.10. The van der Waals surface area contributed by atoms with E-state index in [1.54, 1.807) is 69.2 Å². The van der Waals surface area contributed by atoms with Crippen molar-refractivity contribution >= 4 is 64.8 Å². The number of aliphatic hydroxyl groups is 2. The lowest BCUT2D eigenvalue weighted by Gasteiger charge is -2.47. The summed E-state index contributed by atoms with van der Waals surface area (Å²) in [5.41, 5.74) is 4.86. The van der Waals surface area contributed by atoms with Gasteiger partial charge in [-0.15, -0.1) is 0 Å². The van der Waals surface area contributed by atoms with Crippen LogP contribution in [0.15, 0.2) is 133 Å². The van der Waals surface area contributed by atoms with Crippen LogP contribution in [-0.2, 0) is 77.6 Å². The number of aliphatic hydroxyl groups excluding tert-OH is 2. The summed E-state index contributed by atoms with van der Waals surface area (Å²) >= 11 is 0. The summed E-state index contributed by atoms with van der Waals surface area (Å²) < 4.78 is 53.4. The van der Waals surface area contributed by atoms with Crippen LogP contribution in [0.3, 0.4) is 0 Å². The van der Waals surface area contributed by atoms with Crippen LogP contribution in [0.2, 0.25) is 0 Å². The van der Waals surface area contributed by atoms with Crippen molar-refractivity contribution in [3.63, 3.8) is 0 Å². The first kappa shape index (κ1) is 61.6. The van der Waals surface area contributed by atoms with Crippen molar-refractivity contribution in [3.8, 4) is 0 Å². The number of fused-ring (bicyclic) bond motifs is 4. The van der Waals surface area contributed by atoms with Crippen LogP contribution in [0.1, 0.15) is 103 Å². The molecular weight excluding hydrogens is 1070 g/mol. The van der Waals surface area contributed by atoms with Crippen molar-refractivity contribution in [2.75, 3.05) is 11.5 Å². The summed E-state index contributed by atoms with van der Waals surface area (Å²) in [6.07, 6.45) is -2.94. The molecule has 0 spiro atoms. The molecule has 82 heavy (non-hydrogen) atoms. The minimum atomic E-state index is -3.85. The van der Waals surface area contributed by atoms with Gasteiger partial charge in [-0.2, -0.15) is 0 Å². The maximum atomic E-state index is 15.4. The number of nitrogens with one attached hydrogen (secondary N) is 2. The number of rotatable bonds is 19. The molecule has 0 aromatic heterocycles. The molecule has 4 N–H and O–H groups in total. The molecule has 0 saturated heterocycles. The number of carbonyl (C=O) groups is 4. The monoisotopic (exact) mass is 1150 g/mol. The van der Waals surface area contributed by atoms with Crippen LogP contribution < -0.4 is 10.6 Å². The first-order valence-corrected chi connectivity index (χ1v) is 32.0. The average Bonchev–Trinajstić information content (AvgIpc) is 3.02. The summed E-state index contributed by atoms with van der Waals surface area (Å²) in [5.74, 6) is -6.43. The van der Waals surface area contributed by atoms with Crippen LogP contribution in [0.4, 0.5) is 0 Å². The molecule has 0 radical (unpaired) electrons. The van der Waals surface area contributed by atoms with Gasteiger partial charge in [0.2, 0.25) is 23.6 Å². The SMILES string of the molecule is CC(C)[C@H](NC(=O)[C@H](Cc1cccc2ccccc12)CS(=O)(=O)C(C)(C)C)C(=O)N1Cc2ccccc2C[C@H]1[C@@H](O)[C@H](O)[C@@H]1Cc2ccccc2CN1C(=O)[C@@H](NC(=O)[C@H](Cc1cccc2ccccc12)CS(=O)(=O)C(C)(C)C)C(C)C. The Labute approximate surface area is 484 Å². The highest BCUT2D eigenvalue weighted by Crippen LogP contribution is 2.34. The standard InChI is InChI=1S/C66H82N4O10S2/c1-41(2)57(67-61(73)51(39-81(77,78)65(5,6)7)33-47-29-19-27-43-21-15-17-31-53(43)47)63(75)69-37-49-25-13-11-23-45(49)35-55(69)59(71)60(72)56-36-46-24-12-14-26-50(46)38-70(56)64(76)58(42(3)4)68-62(74)52(40-82(79,80)66(8,9)10)34-48-30-20-28-44-22-16-18-32-54(44)48/h11-32,41-42,51-52,55-60,71-72H,33-40H2,1-10H3,(H,67,73)(H,68,74)/t51-,52-,55+,56+,57+,58+,59-,60-/m1/s1. The Kier molecular flexibility index (Phi) is 18.6. The van der Waals surface area contributed by atoms with Gasteiger partial charge in [0, 0.05) is 13.1 Å². The first-order chi connectivity index (χ1) is 38.6. The summed E-state index contributed by atoms with van der Waals surface area (Å²) in [5, 5.41) is 35.3. The molecule has 0 fully saturated rings. The normalized spacial score (nSPS) is 18.3. The summed E-state index contributed by atoms with van der Waals surface area (Å²) in [6, 6.07) is 37.3. The van der Waals surface area contributed by atoms with Gasteiger partial charge in [0.15, 0.2) is 19.7 Å². The number of carbonyl (C=O) groups excluding carboxylic acids is 4. The number of amides is 4. The van der Waals surface area contributed by atoms with Gasteiger partial charge >= 0.3 is 0 Å². The smallest absolute Gasteiger partial charge is 0.246 e. The van der Waals surface area contributed by atoms with E-state index in [9.17, 15) is 36.6 Å². The van der Waals surface area contributed by atoms with Crippen LogP contribution >= 0.6 is 0 Å². The molecule has 16 heteroatoms. The molecule has 2 aliphatic heterocycles. The Morgan fingerprint density at radius 1 is 0.488 bits per heavy atom. The maximum Gasteiger partial charge on any atom is 0.246 e. The molecule has 0 aliphatic carbocycles. The molecule has 4 amide bonds. The molecule has 6 aromatic carbocycles. The highest BCUT2D eigenvalue weighted by molar-refractivity contribution is 7.93. The lowest BCUT2D eigenvalue weighted by Crippen LogP contribution is -2.64. The zero-order valence-corrected chi connectivity index (χ0v) is 50.6. The lowest BCUT2D eigenvalue weighted by molar-refractivity contribution is -0.153. The molecule has 0 bridgehead atoms. The molecule has 8 atom stereocenters. The first-order valence-electron chi connectivity index (χ1n) is 28.7. The van der Waals surface area contributed by atoms with Gasteiger partial charge in [0.25, 0.3) is 0 Å².